The number of urea groups is 1. The summed E-state index contributed by atoms with van der Waals surface area (Å²) in [4.78, 5) is 25.5. The Morgan fingerprint density at radius 2 is 1.84 bits per heavy atom. The number of hydrogen-bond donors (Lipinski definition) is 1. The Kier molecular flexibility index (Phi) is 8.06. The number of ether oxygens (including phenoxy) is 1. The van der Waals surface area contributed by atoms with Gasteiger partial charge in [-0.2, -0.15) is 12.8 Å². The van der Waals surface area contributed by atoms with Gasteiger partial charge in [-0.25, -0.2) is 4.79 Å². The van der Waals surface area contributed by atoms with E-state index in [4.69, 9.17) is 4.74 Å². The predicted molar refractivity (Wildman–Crippen MR) is 93.0 cm³/mol. The fraction of sp³-hybridized carbons (Fsp3) is 0.500. The molecule has 0 spiro atoms. The molecule has 25 heavy (non-hydrogen) atoms. The largest absolute Gasteiger partial charge is 0.497 e. The maximum Gasteiger partial charge on any atom is 0.323 e. The first-order chi connectivity index (χ1) is 11.8. The van der Waals surface area contributed by atoms with Crippen LogP contribution in [0, 0.1) is 0 Å². The summed E-state index contributed by atoms with van der Waals surface area (Å²) in [7, 11) is 1.90. The summed E-state index contributed by atoms with van der Waals surface area (Å²) < 4.78 is 29.9. The Morgan fingerprint density at radius 1 is 1.24 bits per heavy atom. The van der Waals surface area contributed by atoms with Gasteiger partial charge in [0.2, 0.25) is 5.91 Å². The molecule has 2 atom stereocenters. The van der Waals surface area contributed by atoms with Crippen LogP contribution < -0.4 is 10.1 Å². The fourth-order valence-corrected chi connectivity index (χ4v) is 2.78. The summed E-state index contributed by atoms with van der Waals surface area (Å²) in [6, 6.07) is 6.02. The van der Waals surface area contributed by atoms with Gasteiger partial charge in [0.15, 0.2) is 0 Å². The Labute approximate surface area is 148 Å². The molecule has 3 amide bonds. The Morgan fingerprint density at radius 3 is 2.32 bits per heavy atom. The Hall–Kier alpha value is -2.42. The molecule has 1 N–H and O–H groups in total. The first kappa shape index (κ1) is 20.6. The third kappa shape index (κ3) is 6.18. The van der Waals surface area contributed by atoms with Crippen molar-refractivity contribution in [3.05, 3.63) is 29.8 Å². The number of carbonyl (C=O) groups excluding carboxylic acids is 2. The second-order valence-corrected chi connectivity index (χ2v) is 6.17. The van der Waals surface area contributed by atoms with Gasteiger partial charge in [-0.1, -0.05) is 12.1 Å². The molecule has 0 heterocycles. The van der Waals surface area contributed by atoms with E-state index >= 15 is 0 Å². The van der Waals surface area contributed by atoms with E-state index in [-0.39, 0.29) is 5.91 Å². The van der Waals surface area contributed by atoms with Gasteiger partial charge in [0.05, 0.1) is 19.1 Å². The first-order valence-electron chi connectivity index (χ1n) is 7.73. The van der Waals surface area contributed by atoms with E-state index in [0.29, 0.717) is 18.6 Å². The van der Waals surface area contributed by atoms with Gasteiger partial charge in [0.25, 0.3) is 0 Å². The number of rotatable bonds is 7. The molecule has 0 aliphatic heterocycles. The second-order valence-electron chi connectivity index (χ2n) is 5.53. The van der Waals surface area contributed by atoms with Crippen LogP contribution in [-0.4, -0.2) is 52.5 Å². The molecule has 0 radical (unpaired) electrons. The molecule has 0 bridgehead atoms. The highest BCUT2D eigenvalue weighted by Gasteiger charge is 2.27. The van der Waals surface area contributed by atoms with Crippen LogP contribution in [0.4, 0.5) is 4.79 Å². The fourth-order valence-electron chi connectivity index (χ4n) is 2.38. The third-order valence-electron chi connectivity index (χ3n) is 3.80. The molecule has 0 aliphatic rings. The molecular weight excluding hydrogens is 346 g/mol. The molecule has 2 unspecified atom stereocenters. The van der Waals surface area contributed by atoms with E-state index in [1.807, 2.05) is 0 Å². The number of nitrogens with zero attached hydrogens (tertiary/aromatic N) is 2. The molecule has 0 aliphatic carbocycles. The normalized spacial score (nSPS) is 12.6. The van der Waals surface area contributed by atoms with Crippen LogP contribution >= 0.6 is 0 Å². The van der Waals surface area contributed by atoms with Gasteiger partial charge in [0.1, 0.15) is 5.75 Å². The number of carbonyl (C=O) groups is 2. The summed E-state index contributed by atoms with van der Waals surface area (Å²) >= 11 is 0. The van der Waals surface area contributed by atoms with Crippen molar-refractivity contribution in [2.24, 2.45) is 4.36 Å². The predicted octanol–water partition coefficient (Wildman–Crippen LogP) is 1.81. The number of hydrogen-bond acceptors (Lipinski definition) is 6. The molecule has 1 aromatic rings. The monoisotopic (exact) mass is 369 g/mol. The zero-order valence-corrected chi connectivity index (χ0v) is 15.5. The highest BCUT2D eigenvalue weighted by molar-refractivity contribution is 7.61. The van der Waals surface area contributed by atoms with E-state index in [0.717, 1.165) is 10.5 Å². The number of likely N-dealkylation sites (N-methyl/N-ethyl adjacent to an activating group) is 1. The van der Waals surface area contributed by atoms with Crippen LogP contribution in [0.1, 0.15) is 31.2 Å². The SMILES string of the molecule is CNC(=O)N(C)C(=O)C(CCC(C)N=S(=O)=O)c1ccc(OC)cc1. The van der Waals surface area contributed by atoms with Gasteiger partial charge in [0, 0.05) is 14.1 Å². The van der Waals surface area contributed by atoms with Crippen LogP contribution in [0.2, 0.25) is 0 Å². The van der Waals surface area contributed by atoms with Crippen molar-refractivity contribution in [1.29, 1.82) is 0 Å². The van der Waals surface area contributed by atoms with Crippen LogP contribution in [0.25, 0.3) is 0 Å². The lowest BCUT2D eigenvalue weighted by molar-refractivity contribution is -0.129. The lowest BCUT2D eigenvalue weighted by Gasteiger charge is -2.23. The molecule has 1 aromatic carbocycles. The van der Waals surface area contributed by atoms with Crippen molar-refractivity contribution in [3.8, 4) is 5.75 Å². The number of imide groups is 1. The zero-order chi connectivity index (χ0) is 19.0. The summed E-state index contributed by atoms with van der Waals surface area (Å²) in [5, 5.41) is 2.41. The number of methoxy groups -OCH3 is 1. The minimum Gasteiger partial charge on any atom is -0.497 e. The van der Waals surface area contributed by atoms with Gasteiger partial charge in [-0.3, -0.25) is 9.69 Å². The molecule has 138 valence electrons. The van der Waals surface area contributed by atoms with E-state index in [1.54, 1.807) is 38.3 Å². The second kappa shape index (κ2) is 9.77. The number of nitrogens with one attached hydrogen (secondary N) is 1. The average molecular weight is 369 g/mol. The van der Waals surface area contributed by atoms with E-state index < -0.39 is 28.5 Å². The van der Waals surface area contributed by atoms with Crippen molar-refractivity contribution < 1.29 is 22.7 Å². The molecule has 8 nitrogen and oxygen atoms in total. The maximum atomic E-state index is 12.7. The van der Waals surface area contributed by atoms with Crippen molar-refractivity contribution in [3.63, 3.8) is 0 Å². The van der Waals surface area contributed by atoms with Crippen LogP contribution in [0.15, 0.2) is 28.6 Å². The van der Waals surface area contributed by atoms with Crippen molar-refractivity contribution in [2.75, 3.05) is 21.2 Å². The van der Waals surface area contributed by atoms with Gasteiger partial charge in [-0.15, -0.1) is 0 Å². The highest BCUT2D eigenvalue weighted by Crippen LogP contribution is 2.26. The summed E-state index contributed by atoms with van der Waals surface area (Å²) in [5.74, 6) is -0.314. The number of amides is 3. The maximum absolute atomic E-state index is 12.7. The summed E-state index contributed by atoms with van der Waals surface area (Å²) in [5.41, 5.74) is 0.719. The van der Waals surface area contributed by atoms with E-state index in [1.165, 1.54) is 14.1 Å². The van der Waals surface area contributed by atoms with E-state index in [9.17, 15) is 18.0 Å². The Bertz CT molecular complexity index is 723. The smallest absolute Gasteiger partial charge is 0.323 e. The number of benzene rings is 1. The van der Waals surface area contributed by atoms with Crippen molar-refractivity contribution >= 4 is 22.4 Å². The topological polar surface area (TPSA) is 105 Å². The van der Waals surface area contributed by atoms with Gasteiger partial charge < -0.3 is 10.1 Å². The molecule has 0 saturated heterocycles. The molecule has 1 rings (SSSR count). The molecule has 9 heteroatoms. The van der Waals surface area contributed by atoms with Crippen molar-refractivity contribution in [1.82, 2.24) is 10.2 Å². The lowest BCUT2D eigenvalue weighted by atomic mass is 9.91. The quantitative estimate of drug-likeness (QED) is 0.789. The van der Waals surface area contributed by atoms with Gasteiger partial charge in [-0.05, 0) is 37.5 Å². The van der Waals surface area contributed by atoms with Crippen LogP contribution in [0.3, 0.4) is 0 Å². The minimum atomic E-state index is -2.49. The highest BCUT2D eigenvalue weighted by atomic mass is 32.2. The molecular formula is C16H23N3O5S. The molecule has 0 aromatic heterocycles. The lowest BCUT2D eigenvalue weighted by Crippen LogP contribution is -2.42. The summed E-state index contributed by atoms with van der Waals surface area (Å²) in [6.45, 7) is 1.66. The van der Waals surface area contributed by atoms with Crippen molar-refractivity contribution in [2.45, 2.75) is 31.7 Å². The molecule has 0 saturated carbocycles. The molecule has 0 fully saturated rings. The average Bonchev–Trinajstić information content (AvgIpc) is 2.60. The van der Waals surface area contributed by atoms with Crippen LogP contribution in [0.5, 0.6) is 5.75 Å². The summed E-state index contributed by atoms with van der Waals surface area (Å²) in [6.07, 6.45) is 0.742. The zero-order valence-electron chi connectivity index (χ0n) is 14.7. The standard InChI is InChI=1S/C16H23N3O5S/c1-11(18-25(22)23)5-10-14(15(20)19(3)16(21)17-2)12-6-8-13(24-4)9-7-12/h6-9,11,14H,5,10H2,1-4H3,(H,17,21). The van der Waals surface area contributed by atoms with E-state index in [2.05, 4.69) is 9.68 Å². The van der Waals surface area contributed by atoms with Crippen LogP contribution in [-0.2, 0) is 15.3 Å². The third-order valence-corrected chi connectivity index (χ3v) is 4.34. The Balaban J connectivity index is 3.05. The van der Waals surface area contributed by atoms with Gasteiger partial charge >= 0.3 is 16.5 Å². The first-order valence-corrected chi connectivity index (χ1v) is 8.76. The minimum absolute atomic E-state index is 0.356.